The van der Waals surface area contributed by atoms with Gasteiger partial charge in [0.1, 0.15) is 24.4 Å². The Balaban J connectivity index is 1.06. The van der Waals surface area contributed by atoms with Gasteiger partial charge in [0.2, 0.25) is 0 Å². The molecule has 7 fully saturated rings. The van der Waals surface area contributed by atoms with Crippen LogP contribution in [-0.2, 0) is 48.2 Å². The van der Waals surface area contributed by atoms with Crippen LogP contribution in [0.25, 0.3) is 0 Å². The lowest BCUT2D eigenvalue weighted by Crippen LogP contribution is -2.58. The number of ether oxygens (including phenoxy) is 4. The van der Waals surface area contributed by atoms with Gasteiger partial charge in [-0.25, -0.2) is 4.79 Å². The first kappa shape index (κ1) is 26.9. The molecule has 7 aliphatic rings. The molecule has 0 aromatic carbocycles. The zero-order chi connectivity index (χ0) is 28.1. The summed E-state index contributed by atoms with van der Waals surface area (Å²) in [5, 5.41) is -5.24. The predicted octanol–water partition coefficient (Wildman–Crippen LogP) is 1.88. The molecule has 6 atom stereocenters. The van der Waals surface area contributed by atoms with E-state index < -0.39 is 80.7 Å². The van der Waals surface area contributed by atoms with Gasteiger partial charge in [0.15, 0.2) is 0 Å². The number of alkyl halides is 2. The minimum atomic E-state index is -6.10. The van der Waals surface area contributed by atoms with Crippen molar-refractivity contribution in [2.45, 2.75) is 74.9 Å². The molecular weight excluding hydrogens is 546 g/mol. The summed E-state index contributed by atoms with van der Waals surface area (Å²) in [5.74, 6) is -6.29. The van der Waals surface area contributed by atoms with Crippen LogP contribution in [-0.4, -0.2) is 66.5 Å². The normalized spacial score (nSPS) is 43.3. The Labute approximate surface area is 223 Å². The van der Waals surface area contributed by atoms with Crippen LogP contribution < -0.4 is 0 Å². The topological polar surface area (TPSA) is 160 Å². The second kappa shape index (κ2) is 8.82. The number of fused-ring (bicyclic) bond motifs is 1. The number of carbonyl (C=O) groups is 4. The van der Waals surface area contributed by atoms with Gasteiger partial charge in [0.05, 0.1) is 18.3 Å². The maximum atomic E-state index is 13.8. The smallest absolute Gasteiger partial charge is 0.465 e. The molecule has 6 saturated carbocycles. The third-order valence-corrected chi connectivity index (χ3v) is 11.1. The SMILES string of the molecule is CC1(OC(=O)CCOC(=O)C2C3CC4C(OC(=O)C42)C3OC(=O)C(F)(F)S(=O)(=O)O)C2CC3CC(C2)CC1C3. The summed E-state index contributed by atoms with van der Waals surface area (Å²) in [4.78, 5) is 50.0. The highest BCUT2D eigenvalue weighted by atomic mass is 32.2. The van der Waals surface area contributed by atoms with Crippen molar-refractivity contribution < 1.29 is 59.9 Å². The van der Waals surface area contributed by atoms with Crippen LogP contribution in [0.4, 0.5) is 8.78 Å². The van der Waals surface area contributed by atoms with E-state index in [4.69, 9.17) is 23.5 Å². The third-order valence-electron chi connectivity index (χ3n) is 10.3. The van der Waals surface area contributed by atoms with E-state index in [-0.39, 0.29) is 19.4 Å². The van der Waals surface area contributed by atoms with Crippen LogP contribution in [0.5, 0.6) is 0 Å². The molecular formula is C25H30F2O11S. The molecule has 6 aliphatic carbocycles. The van der Waals surface area contributed by atoms with Gasteiger partial charge in [0.25, 0.3) is 0 Å². The molecule has 6 unspecified atom stereocenters. The molecule has 216 valence electrons. The second-order valence-electron chi connectivity index (χ2n) is 12.3. The first-order valence-electron chi connectivity index (χ1n) is 13.4. The molecule has 1 aliphatic heterocycles. The summed E-state index contributed by atoms with van der Waals surface area (Å²) in [6, 6.07) is 0. The van der Waals surface area contributed by atoms with Crippen molar-refractivity contribution in [1.82, 2.24) is 0 Å². The number of carbonyl (C=O) groups excluding carboxylic acids is 4. The van der Waals surface area contributed by atoms with E-state index in [2.05, 4.69) is 0 Å². The molecule has 6 bridgehead atoms. The van der Waals surface area contributed by atoms with Gasteiger partial charge in [-0.3, -0.25) is 18.9 Å². The fourth-order valence-electron chi connectivity index (χ4n) is 8.68. The van der Waals surface area contributed by atoms with E-state index in [1.54, 1.807) is 0 Å². The monoisotopic (exact) mass is 576 g/mol. The minimum absolute atomic E-state index is 0.126. The highest BCUT2D eigenvalue weighted by Gasteiger charge is 2.71. The standard InChI is InChI=1S/C25H30F2O11S/c1-24(12-5-10-4-11(7-12)8-13(24)6-10)38-16(28)2-3-35-21(29)17-14-9-15-18(17)22(30)36-19(15)20(14)37-23(31)25(26,27)39(32,33)34/h10-15,17-20H,2-9H2,1H3,(H,32,33,34). The first-order chi connectivity index (χ1) is 18.2. The quantitative estimate of drug-likeness (QED) is 0.255. The Morgan fingerprint density at radius 2 is 1.67 bits per heavy atom. The van der Waals surface area contributed by atoms with E-state index in [1.807, 2.05) is 6.92 Å². The predicted molar refractivity (Wildman–Crippen MR) is 122 cm³/mol. The molecule has 39 heavy (non-hydrogen) atoms. The van der Waals surface area contributed by atoms with Crippen molar-refractivity contribution in [3.8, 4) is 0 Å². The summed E-state index contributed by atoms with van der Waals surface area (Å²) in [7, 11) is -6.10. The van der Waals surface area contributed by atoms with Gasteiger partial charge in [-0.1, -0.05) is 0 Å². The van der Waals surface area contributed by atoms with Gasteiger partial charge < -0.3 is 18.9 Å². The van der Waals surface area contributed by atoms with E-state index in [1.165, 1.54) is 6.42 Å². The molecule has 7 rings (SSSR count). The molecule has 0 amide bonds. The molecule has 11 nitrogen and oxygen atoms in total. The van der Waals surface area contributed by atoms with Crippen LogP contribution in [0.3, 0.4) is 0 Å². The maximum Gasteiger partial charge on any atom is 0.465 e. The van der Waals surface area contributed by atoms with Crippen molar-refractivity contribution in [2.75, 3.05) is 6.61 Å². The fourth-order valence-corrected chi connectivity index (χ4v) is 8.94. The number of hydrogen-bond acceptors (Lipinski definition) is 10. The molecule has 0 radical (unpaired) electrons. The summed E-state index contributed by atoms with van der Waals surface area (Å²) in [5.41, 5.74) is -0.539. The zero-order valence-electron chi connectivity index (χ0n) is 21.1. The Hall–Kier alpha value is -2.35. The van der Waals surface area contributed by atoms with Crippen LogP contribution in [0.2, 0.25) is 0 Å². The van der Waals surface area contributed by atoms with Crippen molar-refractivity contribution in [3.05, 3.63) is 0 Å². The third kappa shape index (κ3) is 4.07. The summed E-state index contributed by atoms with van der Waals surface area (Å²) < 4.78 is 79.1. The summed E-state index contributed by atoms with van der Waals surface area (Å²) in [6.07, 6.45) is 2.76. The van der Waals surface area contributed by atoms with E-state index in [0.717, 1.165) is 25.7 Å². The maximum absolute atomic E-state index is 13.8. The Morgan fingerprint density at radius 3 is 2.26 bits per heavy atom. The van der Waals surface area contributed by atoms with Gasteiger partial charge in [0, 0.05) is 11.8 Å². The van der Waals surface area contributed by atoms with Crippen LogP contribution in [0.15, 0.2) is 0 Å². The molecule has 1 heterocycles. The fraction of sp³-hybridized carbons (Fsp3) is 0.840. The summed E-state index contributed by atoms with van der Waals surface area (Å²) in [6.45, 7) is 1.67. The van der Waals surface area contributed by atoms with Crippen LogP contribution >= 0.6 is 0 Å². The van der Waals surface area contributed by atoms with Crippen molar-refractivity contribution in [3.63, 3.8) is 0 Å². The lowest BCUT2D eigenvalue weighted by molar-refractivity contribution is -0.204. The van der Waals surface area contributed by atoms with Crippen LogP contribution in [0, 0.1) is 47.3 Å². The lowest BCUT2D eigenvalue weighted by atomic mass is 9.50. The highest BCUT2D eigenvalue weighted by molar-refractivity contribution is 7.87. The van der Waals surface area contributed by atoms with Gasteiger partial charge in [-0.2, -0.15) is 17.2 Å². The zero-order valence-corrected chi connectivity index (χ0v) is 21.9. The Kier molecular flexibility index (Phi) is 6.07. The van der Waals surface area contributed by atoms with E-state index >= 15 is 0 Å². The number of halogens is 2. The lowest BCUT2D eigenvalue weighted by Gasteiger charge is -2.59. The number of hydrogen-bond donors (Lipinski definition) is 1. The average Bonchev–Trinajstić information content (AvgIpc) is 3.45. The average molecular weight is 577 g/mol. The number of esters is 4. The van der Waals surface area contributed by atoms with Crippen molar-refractivity contribution >= 4 is 34.0 Å². The minimum Gasteiger partial charge on any atom is -0.465 e. The van der Waals surface area contributed by atoms with Gasteiger partial charge in [-0.15, -0.1) is 0 Å². The van der Waals surface area contributed by atoms with Crippen molar-refractivity contribution in [1.29, 1.82) is 0 Å². The summed E-state index contributed by atoms with van der Waals surface area (Å²) >= 11 is 0. The molecule has 1 N–H and O–H groups in total. The molecule has 0 aromatic rings. The molecule has 0 spiro atoms. The van der Waals surface area contributed by atoms with Gasteiger partial charge >= 0.3 is 39.2 Å². The van der Waals surface area contributed by atoms with Gasteiger partial charge in [-0.05, 0) is 69.1 Å². The van der Waals surface area contributed by atoms with Crippen LogP contribution in [0.1, 0.15) is 51.9 Å². The van der Waals surface area contributed by atoms with E-state index in [0.29, 0.717) is 23.7 Å². The number of rotatable bonds is 8. The molecule has 14 heteroatoms. The Bertz CT molecular complexity index is 1190. The Morgan fingerprint density at radius 1 is 1.05 bits per heavy atom. The second-order valence-corrected chi connectivity index (χ2v) is 13.7. The molecule has 1 saturated heterocycles. The highest BCUT2D eigenvalue weighted by Crippen LogP contribution is 2.60. The largest absolute Gasteiger partial charge is 0.465 e. The first-order valence-corrected chi connectivity index (χ1v) is 14.8. The molecule has 0 aromatic heterocycles. The van der Waals surface area contributed by atoms with E-state index in [9.17, 15) is 36.4 Å². The van der Waals surface area contributed by atoms with Crippen molar-refractivity contribution in [2.24, 2.45) is 47.3 Å².